The topological polar surface area (TPSA) is 152 Å². The normalized spacial score (nSPS) is 15.5. The van der Waals surface area contributed by atoms with Crippen molar-refractivity contribution in [1.82, 2.24) is 4.90 Å². The molecule has 0 radical (unpaired) electrons. The fourth-order valence-corrected chi connectivity index (χ4v) is 1.62. The first-order valence-corrected chi connectivity index (χ1v) is 5.27. The van der Waals surface area contributed by atoms with Crippen molar-refractivity contribution >= 4 is 23.9 Å². The first-order valence-electron chi connectivity index (χ1n) is 5.27. The van der Waals surface area contributed by atoms with Crippen LogP contribution in [0.1, 0.15) is 20.3 Å². The van der Waals surface area contributed by atoms with Crippen LogP contribution in [-0.4, -0.2) is 67.3 Å². The Morgan fingerprint density at radius 2 is 1.21 bits per heavy atom. The molecule has 9 nitrogen and oxygen atoms in total. The number of carboxylic acids is 4. The smallest absolute Gasteiger partial charge is 0.321 e. The summed E-state index contributed by atoms with van der Waals surface area (Å²) >= 11 is 0. The SMILES string of the molecule is CC(C(=O)O)N(C(C)C(=O)O)C(CC(=O)O)C(=O)O. The van der Waals surface area contributed by atoms with E-state index >= 15 is 0 Å². The molecule has 0 heterocycles. The minimum Gasteiger partial charge on any atom is -0.481 e. The largest absolute Gasteiger partial charge is 0.481 e. The number of aliphatic carboxylic acids is 4. The van der Waals surface area contributed by atoms with Gasteiger partial charge >= 0.3 is 23.9 Å². The summed E-state index contributed by atoms with van der Waals surface area (Å²) in [6.07, 6.45) is -0.898. The second kappa shape index (κ2) is 6.69. The Morgan fingerprint density at radius 1 is 0.842 bits per heavy atom. The quantitative estimate of drug-likeness (QED) is 0.444. The lowest BCUT2D eigenvalue weighted by atomic mass is 10.1. The Morgan fingerprint density at radius 3 is 1.42 bits per heavy atom. The van der Waals surface area contributed by atoms with Gasteiger partial charge in [-0.25, -0.2) is 0 Å². The zero-order valence-electron chi connectivity index (χ0n) is 10.3. The molecule has 9 heteroatoms. The summed E-state index contributed by atoms with van der Waals surface area (Å²) in [5, 5.41) is 35.3. The Hall–Kier alpha value is -2.16. The van der Waals surface area contributed by atoms with Crippen LogP contribution in [0.2, 0.25) is 0 Å². The molecule has 0 aromatic carbocycles. The van der Waals surface area contributed by atoms with E-state index < -0.39 is 48.4 Å². The molecule has 4 N–H and O–H groups in total. The number of rotatable bonds is 8. The Kier molecular flexibility index (Phi) is 5.93. The highest BCUT2D eigenvalue weighted by molar-refractivity contribution is 5.84. The summed E-state index contributed by atoms with van der Waals surface area (Å²) in [7, 11) is 0. The third-order valence-electron chi connectivity index (χ3n) is 2.62. The van der Waals surface area contributed by atoms with Crippen molar-refractivity contribution in [3.05, 3.63) is 0 Å². The first-order chi connectivity index (χ1) is 8.59. The van der Waals surface area contributed by atoms with E-state index in [0.717, 1.165) is 13.8 Å². The average molecular weight is 277 g/mol. The van der Waals surface area contributed by atoms with Gasteiger partial charge in [-0.05, 0) is 13.8 Å². The van der Waals surface area contributed by atoms with E-state index in [1.54, 1.807) is 0 Å². The molecular weight excluding hydrogens is 262 g/mol. The van der Waals surface area contributed by atoms with Crippen molar-refractivity contribution in [2.24, 2.45) is 0 Å². The molecule has 0 amide bonds. The van der Waals surface area contributed by atoms with Crippen LogP contribution in [-0.2, 0) is 19.2 Å². The van der Waals surface area contributed by atoms with E-state index in [9.17, 15) is 19.2 Å². The lowest BCUT2D eigenvalue weighted by Crippen LogP contribution is -2.56. The monoisotopic (exact) mass is 277 g/mol. The highest BCUT2D eigenvalue weighted by atomic mass is 16.4. The lowest BCUT2D eigenvalue weighted by molar-refractivity contribution is -0.161. The zero-order chi connectivity index (χ0) is 15.3. The summed E-state index contributed by atoms with van der Waals surface area (Å²) in [5.74, 6) is -5.94. The van der Waals surface area contributed by atoms with E-state index in [-0.39, 0.29) is 0 Å². The Balaban J connectivity index is 5.50. The third-order valence-corrected chi connectivity index (χ3v) is 2.62. The molecule has 0 aliphatic heterocycles. The maximum atomic E-state index is 11.0. The summed E-state index contributed by atoms with van der Waals surface area (Å²) in [6.45, 7) is 2.19. The molecule has 0 saturated heterocycles. The van der Waals surface area contributed by atoms with Gasteiger partial charge in [0.2, 0.25) is 0 Å². The molecule has 0 aliphatic carbocycles. The number of carbonyl (C=O) groups is 4. The standard InChI is InChI=1S/C10H15NO8/c1-4(8(14)15)11(5(2)9(16)17)6(10(18)19)3-7(12)13/h4-6H,3H2,1-2H3,(H,12,13)(H,14,15)(H,16,17)(H,18,19). The highest BCUT2D eigenvalue weighted by Crippen LogP contribution is 2.15. The molecule has 3 unspecified atom stereocenters. The molecule has 3 atom stereocenters. The van der Waals surface area contributed by atoms with Crippen molar-refractivity contribution in [2.45, 2.75) is 38.4 Å². The van der Waals surface area contributed by atoms with Crippen LogP contribution in [0.3, 0.4) is 0 Å². The minimum atomic E-state index is -1.74. The maximum Gasteiger partial charge on any atom is 0.321 e. The van der Waals surface area contributed by atoms with Crippen LogP contribution >= 0.6 is 0 Å². The molecular formula is C10H15NO8. The lowest BCUT2D eigenvalue weighted by Gasteiger charge is -2.34. The Labute approximate surface area is 108 Å². The van der Waals surface area contributed by atoms with Crippen LogP contribution in [0.15, 0.2) is 0 Å². The third kappa shape index (κ3) is 4.54. The van der Waals surface area contributed by atoms with Gasteiger partial charge in [-0.2, -0.15) is 0 Å². The molecule has 0 rings (SSSR count). The fraction of sp³-hybridized carbons (Fsp3) is 0.600. The maximum absolute atomic E-state index is 11.0. The molecule has 108 valence electrons. The summed E-state index contributed by atoms with van der Waals surface area (Å²) in [4.78, 5) is 44.1. The summed E-state index contributed by atoms with van der Waals surface area (Å²) in [5.41, 5.74) is 0. The van der Waals surface area contributed by atoms with Crippen LogP contribution in [0.25, 0.3) is 0 Å². The molecule has 0 fully saturated rings. The predicted octanol–water partition coefficient (Wildman–Crippen LogP) is -0.837. The molecule has 0 bridgehead atoms. The van der Waals surface area contributed by atoms with Gasteiger partial charge in [-0.15, -0.1) is 0 Å². The van der Waals surface area contributed by atoms with Crippen molar-refractivity contribution in [1.29, 1.82) is 0 Å². The molecule has 0 spiro atoms. The molecule has 19 heavy (non-hydrogen) atoms. The fourth-order valence-electron chi connectivity index (χ4n) is 1.62. The number of nitrogens with zero attached hydrogens (tertiary/aromatic N) is 1. The molecule has 0 aliphatic rings. The predicted molar refractivity (Wildman–Crippen MR) is 59.7 cm³/mol. The first kappa shape index (κ1) is 16.8. The summed E-state index contributed by atoms with van der Waals surface area (Å²) in [6, 6.07) is -4.65. The number of hydrogen-bond donors (Lipinski definition) is 4. The van der Waals surface area contributed by atoms with E-state index in [1.807, 2.05) is 0 Å². The van der Waals surface area contributed by atoms with Crippen molar-refractivity contribution < 1.29 is 39.6 Å². The van der Waals surface area contributed by atoms with Gasteiger partial charge in [0.15, 0.2) is 0 Å². The van der Waals surface area contributed by atoms with E-state index in [2.05, 4.69) is 0 Å². The van der Waals surface area contributed by atoms with Crippen LogP contribution in [0, 0.1) is 0 Å². The van der Waals surface area contributed by atoms with Gasteiger partial charge in [0.1, 0.15) is 18.1 Å². The van der Waals surface area contributed by atoms with E-state index in [4.69, 9.17) is 20.4 Å². The van der Waals surface area contributed by atoms with Gasteiger partial charge in [0.05, 0.1) is 6.42 Å². The van der Waals surface area contributed by atoms with Crippen molar-refractivity contribution in [2.75, 3.05) is 0 Å². The van der Waals surface area contributed by atoms with Gasteiger partial charge in [0.25, 0.3) is 0 Å². The zero-order valence-corrected chi connectivity index (χ0v) is 10.3. The molecule has 0 saturated carbocycles. The second-order valence-corrected chi connectivity index (χ2v) is 3.93. The van der Waals surface area contributed by atoms with Crippen LogP contribution < -0.4 is 0 Å². The van der Waals surface area contributed by atoms with E-state index in [1.165, 1.54) is 0 Å². The second-order valence-electron chi connectivity index (χ2n) is 3.93. The molecule has 0 aromatic rings. The van der Waals surface area contributed by atoms with Gasteiger partial charge in [0, 0.05) is 0 Å². The number of hydrogen-bond acceptors (Lipinski definition) is 5. The average Bonchev–Trinajstić information content (AvgIpc) is 2.26. The highest BCUT2D eigenvalue weighted by Gasteiger charge is 2.39. The molecule has 0 aromatic heterocycles. The minimum absolute atomic E-state index is 0.640. The number of carboxylic acid groups (broad SMARTS) is 4. The van der Waals surface area contributed by atoms with Gasteiger partial charge in [-0.1, -0.05) is 0 Å². The van der Waals surface area contributed by atoms with Crippen molar-refractivity contribution in [3.63, 3.8) is 0 Å². The van der Waals surface area contributed by atoms with Gasteiger partial charge < -0.3 is 20.4 Å². The summed E-state index contributed by atoms with van der Waals surface area (Å²) < 4.78 is 0. The van der Waals surface area contributed by atoms with Crippen LogP contribution in [0.5, 0.6) is 0 Å². The Bertz CT molecular complexity index is 373. The van der Waals surface area contributed by atoms with E-state index in [0.29, 0.717) is 4.90 Å². The van der Waals surface area contributed by atoms with Crippen LogP contribution in [0.4, 0.5) is 0 Å². The van der Waals surface area contributed by atoms with Crippen molar-refractivity contribution in [3.8, 4) is 0 Å². The van der Waals surface area contributed by atoms with Gasteiger partial charge in [-0.3, -0.25) is 24.1 Å².